The highest BCUT2D eigenvalue weighted by Crippen LogP contribution is 2.23. The number of amides is 1. The molecule has 2 N–H and O–H groups in total. The minimum Gasteiger partial charge on any atom is -0.478 e. The normalized spacial score (nSPS) is 10.7. The number of aryl methyl sites for hydroxylation is 1. The first kappa shape index (κ1) is 17.9. The fraction of sp³-hybridized carbons (Fsp3) is 0.133. The van der Waals surface area contributed by atoms with Crippen LogP contribution in [0, 0.1) is 0 Å². The van der Waals surface area contributed by atoms with E-state index in [4.69, 9.17) is 28.3 Å². The summed E-state index contributed by atoms with van der Waals surface area (Å²) in [4.78, 5) is 27.5. The fourth-order valence-corrected chi connectivity index (χ4v) is 2.60. The van der Waals surface area contributed by atoms with Gasteiger partial charge in [-0.1, -0.05) is 29.3 Å². The van der Waals surface area contributed by atoms with E-state index in [0.717, 1.165) is 11.8 Å². The Balaban J connectivity index is 1.74. The first-order chi connectivity index (χ1) is 12.3. The Bertz CT molecular complexity index is 997. The molecular weight excluding hydrogens is 383 g/mol. The fourth-order valence-electron chi connectivity index (χ4n) is 2.28. The third-order valence-electron chi connectivity index (χ3n) is 3.47. The summed E-state index contributed by atoms with van der Waals surface area (Å²) in [6.07, 6.45) is 2.53. The number of carboxylic acids is 1. The number of hydrogen-bond acceptors (Lipinski definition) is 5. The van der Waals surface area contributed by atoms with Crippen molar-refractivity contribution in [2.45, 2.75) is 6.54 Å². The molecule has 0 saturated heterocycles. The van der Waals surface area contributed by atoms with Crippen molar-refractivity contribution in [1.29, 1.82) is 0 Å². The Labute approximate surface area is 157 Å². The molecule has 0 aliphatic carbocycles. The molecule has 0 saturated carbocycles. The number of hydrogen-bond donors (Lipinski definition) is 2. The highest BCUT2D eigenvalue weighted by Gasteiger charge is 2.22. The van der Waals surface area contributed by atoms with Gasteiger partial charge in [-0.25, -0.2) is 14.5 Å². The maximum atomic E-state index is 12.3. The first-order valence-corrected chi connectivity index (χ1v) is 8.00. The number of carboxylic acid groups (broad SMARTS) is 1. The van der Waals surface area contributed by atoms with Crippen LogP contribution in [-0.4, -0.2) is 41.5 Å². The quantitative estimate of drug-likeness (QED) is 0.685. The maximum absolute atomic E-state index is 12.3. The van der Waals surface area contributed by atoms with E-state index in [9.17, 15) is 9.59 Å². The predicted molar refractivity (Wildman–Crippen MR) is 93.7 cm³/mol. The average molecular weight is 395 g/mol. The number of benzene rings is 1. The van der Waals surface area contributed by atoms with Crippen molar-refractivity contribution in [2.75, 3.05) is 5.32 Å². The molecule has 0 fully saturated rings. The highest BCUT2D eigenvalue weighted by atomic mass is 35.5. The van der Waals surface area contributed by atoms with Gasteiger partial charge < -0.3 is 5.11 Å². The van der Waals surface area contributed by atoms with Crippen LogP contribution in [0.2, 0.25) is 10.0 Å². The van der Waals surface area contributed by atoms with E-state index in [2.05, 4.69) is 20.5 Å². The number of halogens is 2. The zero-order valence-electron chi connectivity index (χ0n) is 13.3. The van der Waals surface area contributed by atoms with Crippen molar-refractivity contribution in [2.24, 2.45) is 7.05 Å². The SMILES string of the molecule is Cn1ncc(C(=O)O)c1C(=O)Nc1ncn(Cc2ccc(Cl)c(Cl)c2)n1. The average Bonchev–Trinajstić information content (AvgIpc) is 3.17. The van der Waals surface area contributed by atoms with E-state index in [1.54, 1.807) is 18.2 Å². The minimum absolute atomic E-state index is 0.0348. The molecule has 2 heterocycles. The standard InChI is InChI=1S/C15H12Cl2N6O3/c1-22-12(9(5-19-22)14(25)26)13(24)20-15-18-7-23(21-15)6-8-2-3-10(16)11(17)4-8/h2-5,7H,6H2,1H3,(H,25,26)(H,20,21,24). The summed E-state index contributed by atoms with van der Waals surface area (Å²) >= 11 is 11.9. The summed E-state index contributed by atoms with van der Waals surface area (Å²) in [6.45, 7) is 0.367. The molecule has 26 heavy (non-hydrogen) atoms. The lowest BCUT2D eigenvalue weighted by Gasteiger charge is -2.04. The van der Waals surface area contributed by atoms with Crippen LogP contribution in [0.25, 0.3) is 0 Å². The third-order valence-corrected chi connectivity index (χ3v) is 4.21. The number of nitrogens with one attached hydrogen (secondary N) is 1. The van der Waals surface area contributed by atoms with Gasteiger partial charge in [-0.15, -0.1) is 5.10 Å². The molecule has 3 rings (SSSR count). The number of aromatic nitrogens is 5. The number of nitrogens with zero attached hydrogens (tertiary/aromatic N) is 5. The molecule has 3 aromatic rings. The number of aromatic carboxylic acids is 1. The molecule has 11 heteroatoms. The number of anilines is 1. The van der Waals surface area contributed by atoms with Crippen LogP contribution >= 0.6 is 23.2 Å². The van der Waals surface area contributed by atoms with Crippen LogP contribution in [0.4, 0.5) is 5.95 Å². The van der Waals surface area contributed by atoms with Crippen LogP contribution < -0.4 is 5.32 Å². The van der Waals surface area contributed by atoms with E-state index in [0.29, 0.717) is 16.6 Å². The lowest BCUT2D eigenvalue weighted by molar-refractivity contribution is 0.0692. The molecule has 0 aliphatic heterocycles. The second-order valence-electron chi connectivity index (χ2n) is 5.30. The molecule has 1 aromatic carbocycles. The Hall–Kier alpha value is -2.91. The van der Waals surface area contributed by atoms with Crippen molar-refractivity contribution in [1.82, 2.24) is 24.5 Å². The molecular formula is C15H12Cl2N6O3. The van der Waals surface area contributed by atoms with E-state index in [-0.39, 0.29) is 17.2 Å². The van der Waals surface area contributed by atoms with E-state index < -0.39 is 11.9 Å². The van der Waals surface area contributed by atoms with Gasteiger partial charge in [-0.05, 0) is 17.7 Å². The van der Waals surface area contributed by atoms with Crippen LogP contribution in [-0.2, 0) is 13.6 Å². The zero-order valence-corrected chi connectivity index (χ0v) is 14.9. The van der Waals surface area contributed by atoms with Gasteiger partial charge in [0.25, 0.3) is 5.91 Å². The van der Waals surface area contributed by atoms with Gasteiger partial charge in [0.15, 0.2) is 0 Å². The molecule has 134 valence electrons. The van der Waals surface area contributed by atoms with Crippen LogP contribution in [0.15, 0.2) is 30.7 Å². The van der Waals surface area contributed by atoms with Gasteiger partial charge in [-0.2, -0.15) is 5.10 Å². The summed E-state index contributed by atoms with van der Waals surface area (Å²) in [6, 6.07) is 5.18. The Morgan fingerprint density at radius 1 is 1.27 bits per heavy atom. The van der Waals surface area contributed by atoms with Crippen LogP contribution in [0.3, 0.4) is 0 Å². The van der Waals surface area contributed by atoms with Crippen molar-refractivity contribution in [3.05, 3.63) is 57.6 Å². The lowest BCUT2D eigenvalue weighted by Crippen LogP contribution is -2.20. The number of carbonyl (C=O) groups excluding carboxylic acids is 1. The smallest absolute Gasteiger partial charge is 0.339 e. The third kappa shape index (κ3) is 3.68. The van der Waals surface area contributed by atoms with Crippen molar-refractivity contribution in [3.8, 4) is 0 Å². The van der Waals surface area contributed by atoms with E-state index in [1.165, 1.54) is 22.7 Å². The van der Waals surface area contributed by atoms with Gasteiger partial charge in [0.1, 0.15) is 17.6 Å². The zero-order chi connectivity index (χ0) is 18.8. The summed E-state index contributed by atoms with van der Waals surface area (Å²) < 4.78 is 2.67. The van der Waals surface area contributed by atoms with Gasteiger partial charge >= 0.3 is 5.97 Å². The first-order valence-electron chi connectivity index (χ1n) is 7.25. The molecule has 0 spiro atoms. The summed E-state index contributed by atoms with van der Waals surface area (Å²) in [5.41, 5.74) is 0.542. The summed E-state index contributed by atoms with van der Waals surface area (Å²) in [5, 5.41) is 20.4. The maximum Gasteiger partial charge on any atom is 0.339 e. The van der Waals surface area contributed by atoms with Crippen molar-refractivity contribution in [3.63, 3.8) is 0 Å². The van der Waals surface area contributed by atoms with Crippen molar-refractivity contribution < 1.29 is 14.7 Å². The predicted octanol–water partition coefficient (Wildman–Crippen LogP) is 2.32. The molecule has 0 unspecified atom stereocenters. The molecule has 1 amide bonds. The van der Waals surface area contributed by atoms with Crippen LogP contribution in [0.5, 0.6) is 0 Å². The van der Waals surface area contributed by atoms with Gasteiger partial charge in [0, 0.05) is 7.05 Å². The Morgan fingerprint density at radius 2 is 2.04 bits per heavy atom. The van der Waals surface area contributed by atoms with Gasteiger partial charge in [0.05, 0.1) is 22.8 Å². The summed E-state index contributed by atoms with van der Waals surface area (Å²) in [5.74, 6) is -1.89. The van der Waals surface area contributed by atoms with Gasteiger partial charge in [-0.3, -0.25) is 14.8 Å². The van der Waals surface area contributed by atoms with E-state index >= 15 is 0 Å². The molecule has 0 radical (unpaired) electrons. The minimum atomic E-state index is -1.25. The summed E-state index contributed by atoms with van der Waals surface area (Å²) in [7, 11) is 1.47. The van der Waals surface area contributed by atoms with Crippen LogP contribution in [0.1, 0.15) is 26.4 Å². The lowest BCUT2D eigenvalue weighted by atomic mass is 10.2. The molecule has 9 nitrogen and oxygen atoms in total. The van der Waals surface area contributed by atoms with Gasteiger partial charge in [0.2, 0.25) is 5.95 Å². The Kier molecular flexibility index (Phi) is 4.92. The van der Waals surface area contributed by atoms with E-state index in [1.807, 2.05) is 0 Å². The highest BCUT2D eigenvalue weighted by molar-refractivity contribution is 6.42. The molecule has 0 atom stereocenters. The monoisotopic (exact) mass is 394 g/mol. The molecule has 0 bridgehead atoms. The number of rotatable bonds is 5. The number of carbonyl (C=O) groups is 2. The largest absolute Gasteiger partial charge is 0.478 e. The topological polar surface area (TPSA) is 115 Å². The van der Waals surface area contributed by atoms with Crippen molar-refractivity contribution >= 4 is 41.0 Å². The second-order valence-corrected chi connectivity index (χ2v) is 6.12. The molecule has 0 aliphatic rings. The second kappa shape index (κ2) is 7.14. The molecule has 2 aromatic heterocycles. The Morgan fingerprint density at radius 3 is 2.73 bits per heavy atom.